The lowest BCUT2D eigenvalue weighted by molar-refractivity contribution is -0.384. The number of nitrogens with zero attached hydrogens (tertiary/aromatic N) is 2. The fraction of sp³-hybridized carbons (Fsp3) is 0.462. The Morgan fingerprint density at radius 3 is 2.84 bits per heavy atom. The molecule has 0 radical (unpaired) electrons. The molecule has 1 unspecified atom stereocenters. The molecule has 102 valence electrons. The molecule has 1 fully saturated rings. The lowest BCUT2D eigenvalue weighted by atomic mass is 10.0. The molecule has 1 N–H and O–H groups in total. The summed E-state index contributed by atoms with van der Waals surface area (Å²) < 4.78 is 0. The van der Waals surface area contributed by atoms with Crippen molar-refractivity contribution in [1.29, 1.82) is 0 Å². The lowest BCUT2D eigenvalue weighted by Crippen LogP contribution is -2.43. The van der Waals surface area contributed by atoms with Crippen LogP contribution in [0.5, 0.6) is 0 Å². The number of piperidine rings is 1. The molecule has 0 spiro atoms. The molecular weight excluding hydrogens is 246 g/mol. The maximum Gasteiger partial charge on any atom is 0.292 e. The Balaban J connectivity index is 2.15. The Bertz CT molecular complexity index is 516. The lowest BCUT2D eigenvalue weighted by Gasteiger charge is -2.30. The summed E-state index contributed by atoms with van der Waals surface area (Å²) >= 11 is 0. The topological polar surface area (TPSA) is 75.5 Å². The van der Waals surface area contributed by atoms with Crippen molar-refractivity contribution in [3.05, 3.63) is 33.9 Å². The van der Waals surface area contributed by atoms with Crippen molar-refractivity contribution < 1.29 is 9.72 Å². The van der Waals surface area contributed by atoms with Crippen molar-refractivity contribution in [1.82, 2.24) is 4.90 Å². The summed E-state index contributed by atoms with van der Waals surface area (Å²) in [6.45, 7) is 2.40. The van der Waals surface area contributed by atoms with Crippen molar-refractivity contribution >= 4 is 17.3 Å². The Hall–Kier alpha value is -2.11. The van der Waals surface area contributed by atoms with Gasteiger partial charge < -0.3 is 10.2 Å². The highest BCUT2D eigenvalue weighted by Gasteiger charge is 2.24. The van der Waals surface area contributed by atoms with Gasteiger partial charge in [-0.25, -0.2) is 0 Å². The van der Waals surface area contributed by atoms with Gasteiger partial charge in [-0.1, -0.05) is 6.07 Å². The predicted octanol–water partition coefficient (Wildman–Crippen LogP) is 1.94. The van der Waals surface area contributed by atoms with Gasteiger partial charge in [0, 0.05) is 32.1 Å². The van der Waals surface area contributed by atoms with Gasteiger partial charge in [-0.05, 0) is 25.0 Å². The van der Waals surface area contributed by atoms with Crippen LogP contribution in [-0.4, -0.2) is 35.4 Å². The standard InChI is InChI=1S/C13H17N3O3/c1-9-3-5-11(12(7-9)16(18)19)14-10-4-6-13(17)15(2)8-10/h3,5,7,10,14H,4,6,8H2,1-2H3. The molecule has 0 saturated carbocycles. The van der Waals surface area contributed by atoms with Crippen molar-refractivity contribution in [2.45, 2.75) is 25.8 Å². The molecule has 0 bridgehead atoms. The van der Waals surface area contributed by atoms with Crippen LogP contribution in [-0.2, 0) is 4.79 Å². The van der Waals surface area contributed by atoms with E-state index in [1.165, 1.54) is 0 Å². The van der Waals surface area contributed by atoms with Crippen LogP contribution in [0.2, 0.25) is 0 Å². The average Bonchev–Trinajstić information content (AvgIpc) is 2.36. The summed E-state index contributed by atoms with van der Waals surface area (Å²) in [7, 11) is 1.75. The molecule has 0 aromatic heterocycles. The molecule has 1 atom stereocenters. The smallest absolute Gasteiger partial charge is 0.292 e. The van der Waals surface area contributed by atoms with Crippen LogP contribution in [0.3, 0.4) is 0 Å². The number of benzene rings is 1. The number of anilines is 1. The summed E-state index contributed by atoms with van der Waals surface area (Å²) in [6, 6.07) is 5.18. The van der Waals surface area contributed by atoms with E-state index in [-0.39, 0.29) is 22.6 Å². The molecule has 19 heavy (non-hydrogen) atoms. The van der Waals surface area contributed by atoms with E-state index in [0.29, 0.717) is 25.1 Å². The first-order chi connectivity index (χ1) is 8.97. The first kappa shape index (κ1) is 13.3. The highest BCUT2D eigenvalue weighted by Crippen LogP contribution is 2.27. The predicted molar refractivity (Wildman–Crippen MR) is 72.1 cm³/mol. The number of amides is 1. The zero-order valence-electron chi connectivity index (χ0n) is 11.0. The SMILES string of the molecule is Cc1ccc(NC2CCC(=O)N(C)C2)c([N+](=O)[O-])c1. The van der Waals surface area contributed by atoms with Crippen LogP contribution in [0.25, 0.3) is 0 Å². The molecular formula is C13H17N3O3. The number of hydrogen-bond donors (Lipinski definition) is 1. The number of hydrogen-bond acceptors (Lipinski definition) is 4. The number of aryl methyl sites for hydroxylation is 1. The number of nitrogens with one attached hydrogen (secondary N) is 1. The first-order valence-electron chi connectivity index (χ1n) is 6.23. The number of rotatable bonds is 3. The van der Waals surface area contributed by atoms with Crippen molar-refractivity contribution in [2.24, 2.45) is 0 Å². The number of likely N-dealkylation sites (N-methyl/N-ethyl adjacent to an activating group) is 1. The summed E-state index contributed by atoms with van der Waals surface area (Å²) in [4.78, 5) is 23.7. The highest BCUT2D eigenvalue weighted by atomic mass is 16.6. The van der Waals surface area contributed by atoms with Gasteiger partial charge in [0.25, 0.3) is 5.69 Å². The average molecular weight is 263 g/mol. The van der Waals surface area contributed by atoms with E-state index in [9.17, 15) is 14.9 Å². The monoisotopic (exact) mass is 263 g/mol. The Kier molecular flexibility index (Phi) is 3.69. The molecule has 1 heterocycles. The van der Waals surface area contributed by atoms with Crippen LogP contribution in [0.15, 0.2) is 18.2 Å². The van der Waals surface area contributed by atoms with Gasteiger partial charge in [0.15, 0.2) is 0 Å². The largest absolute Gasteiger partial charge is 0.375 e. The van der Waals surface area contributed by atoms with E-state index < -0.39 is 0 Å². The van der Waals surface area contributed by atoms with Crippen molar-refractivity contribution in [2.75, 3.05) is 18.9 Å². The molecule has 1 aromatic rings. The number of carbonyl (C=O) groups is 1. The third-order valence-corrected chi connectivity index (χ3v) is 3.34. The van der Waals surface area contributed by atoms with Gasteiger partial charge >= 0.3 is 0 Å². The molecule has 1 aromatic carbocycles. The number of likely N-dealkylation sites (tertiary alicyclic amines) is 1. The summed E-state index contributed by atoms with van der Waals surface area (Å²) in [5.41, 5.74) is 1.45. The fourth-order valence-corrected chi connectivity index (χ4v) is 2.26. The zero-order valence-corrected chi connectivity index (χ0v) is 11.0. The Morgan fingerprint density at radius 2 is 2.21 bits per heavy atom. The van der Waals surface area contributed by atoms with Crippen LogP contribution in [0, 0.1) is 17.0 Å². The van der Waals surface area contributed by atoms with Gasteiger partial charge in [0.1, 0.15) is 5.69 Å². The third kappa shape index (κ3) is 3.01. The molecule has 1 aliphatic heterocycles. The van der Waals surface area contributed by atoms with Crippen LogP contribution in [0.4, 0.5) is 11.4 Å². The quantitative estimate of drug-likeness (QED) is 0.668. The van der Waals surface area contributed by atoms with Crippen molar-refractivity contribution in [3.8, 4) is 0 Å². The van der Waals surface area contributed by atoms with Gasteiger partial charge in [-0.2, -0.15) is 0 Å². The molecule has 6 heteroatoms. The highest BCUT2D eigenvalue weighted by molar-refractivity contribution is 5.77. The second-order valence-electron chi connectivity index (χ2n) is 4.93. The number of carbonyl (C=O) groups excluding carboxylic acids is 1. The second kappa shape index (κ2) is 5.26. The third-order valence-electron chi connectivity index (χ3n) is 3.34. The van der Waals surface area contributed by atoms with Gasteiger partial charge in [0.05, 0.1) is 4.92 Å². The molecule has 0 aliphatic carbocycles. The second-order valence-corrected chi connectivity index (χ2v) is 4.93. The van der Waals surface area contributed by atoms with Crippen molar-refractivity contribution in [3.63, 3.8) is 0 Å². The minimum Gasteiger partial charge on any atom is -0.375 e. The summed E-state index contributed by atoms with van der Waals surface area (Å²) in [5, 5.41) is 14.2. The van der Waals surface area contributed by atoms with Crippen LogP contribution < -0.4 is 5.32 Å². The fourth-order valence-electron chi connectivity index (χ4n) is 2.26. The van der Waals surface area contributed by atoms with Gasteiger partial charge in [0.2, 0.25) is 5.91 Å². The van der Waals surface area contributed by atoms with Crippen LogP contribution in [0.1, 0.15) is 18.4 Å². The maximum atomic E-state index is 11.4. The van der Waals surface area contributed by atoms with E-state index in [1.807, 2.05) is 13.0 Å². The van der Waals surface area contributed by atoms with E-state index in [1.54, 1.807) is 24.1 Å². The minimum atomic E-state index is -0.382. The zero-order chi connectivity index (χ0) is 14.0. The molecule has 1 amide bonds. The van der Waals surface area contributed by atoms with Crippen LogP contribution >= 0.6 is 0 Å². The van der Waals surface area contributed by atoms with E-state index in [2.05, 4.69) is 5.32 Å². The molecule has 6 nitrogen and oxygen atoms in total. The molecule has 2 rings (SSSR count). The van der Waals surface area contributed by atoms with Gasteiger partial charge in [-0.15, -0.1) is 0 Å². The van der Waals surface area contributed by atoms with E-state index >= 15 is 0 Å². The summed E-state index contributed by atoms with van der Waals surface area (Å²) in [6.07, 6.45) is 1.18. The Morgan fingerprint density at radius 1 is 1.47 bits per heavy atom. The van der Waals surface area contributed by atoms with E-state index in [4.69, 9.17) is 0 Å². The minimum absolute atomic E-state index is 0.0594. The number of nitro groups is 1. The normalized spacial score (nSPS) is 19.4. The summed E-state index contributed by atoms with van der Waals surface area (Å²) in [5.74, 6) is 0.122. The van der Waals surface area contributed by atoms with E-state index in [0.717, 1.165) is 5.56 Å². The molecule has 1 aliphatic rings. The maximum absolute atomic E-state index is 11.4. The number of nitro benzene ring substituents is 1. The Labute approximate surface area is 111 Å². The van der Waals surface area contributed by atoms with Gasteiger partial charge in [-0.3, -0.25) is 14.9 Å². The molecule has 1 saturated heterocycles. The first-order valence-corrected chi connectivity index (χ1v) is 6.23.